The Balaban J connectivity index is 2.37. The highest BCUT2D eigenvalue weighted by Crippen LogP contribution is 2.24. The fraction of sp³-hybridized carbons (Fsp3) is 0.455. The molecule has 0 amide bonds. The van der Waals surface area contributed by atoms with E-state index in [1.807, 2.05) is 6.07 Å². The maximum atomic E-state index is 13.3. The topological polar surface area (TPSA) is 21.3 Å². The van der Waals surface area contributed by atoms with E-state index in [9.17, 15) is 4.39 Å². The Labute approximate surface area is 98.0 Å². The smallest absolute Gasteiger partial charge is 0.147 e. The first kappa shape index (κ1) is 12.5. The Hall–Kier alpha value is -0.610. The van der Waals surface area contributed by atoms with Crippen LogP contribution in [0.5, 0.6) is 0 Å². The van der Waals surface area contributed by atoms with Gasteiger partial charge >= 0.3 is 0 Å². The van der Waals surface area contributed by atoms with Crippen LogP contribution in [0.25, 0.3) is 0 Å². The van der Waals surface area contributed by atoms with Gasteiger partial charge in [0.15, 0.2) is 0 Å². The van der Waals surface area contributed by atoms with Crippen molar-refractivity contribution in [1.29, 1.82) is 0 Å². The van der Waals surface area contributed by atoms with E-state index >= 15 is 0 Å². The minimum Gasteiger partial charge on any atom is -0.385 e. The van der Waals surface area contributed by atoms with Crippen molar-refractivity contribution in [2.24, 2.45) is 0 Å². The van der Waals surface area contributed by atoms with Crippen molar-refractivity contribution in [2.45, 2.75) is 12.8 Å². The van der Waals surface area contributed by atoms with Crippen LogP contribution >= 0.6 is 15.9 Å². The van der Waals surface area contributed by atoms with Crippen molar-refractivity contribution < 1.29 is 9.13 Å². The summed E-state index contributed by atoms with van der Waals surface area (Å²) in [7, 11) is 1.68. The lowest BCUT2D eigenvalue weighted by molar-refractivity contribution is 0.194. The fourth-order valence-electron chi connectivity index (χ4n) is 1.25. The molecule has 0 aliphatic carbocycles. The van der Waals surface area contributed by atoms with Crippen molar-refractivity contribution in [3.63, 3.8) is 0 Å². The Morgan fingerprint density at radius 3 is 2.87 bits per heavy atom. The van der Waals surface area contributed by atoms with Crippen LogP contribution in [0.15, 0.2) is 22.7 Å². The number of unbranched alkanes of at least 4 members (excludes halogenated alkanes) is 1. The second-order valence-corrected chi connectivity index (χ2v) is 4.08. The third-order valence-corrected chi connectivity index (χ3v) is 2.70. The maximum absolute atomic E-state index is 13.3. The molecule has 4 heteroatoms. The van der Waals surface area contributed by atoms with E-state index in [4.69, 9.17) is 4.74 Å². The summed E-state index contributed by atoms with van der Waals surface area (Å²) in [4.78, 5) is 0. The van der Waals surface area contributed by atoms with Gasteiger partial charge in [0.25, 0.3) is 0 Å². The molecule has 0 aromatic heterocycles. The number of nitrogens with one attached hydrogen (secondary N) is 1. The molecule has 1 aromatic rings. The van der Waals surface area contributed by atoms with E-state index in [0.717, 1.165) is 30.5 Å². The third-order valence-electron chi connectivity index (χ3n) is 2.04. The van der Waals surface area contributed by atoms with Crippen LogP contribution < -0.4 is 5.32 Å². The van der Waals surface area contributed by atoms with Crippen molar-refractivity contribution in [3.8, 4) is 0 Å². The molecule has 0 atom stereocenters. The number of rotatable bonds is 6. The predicted octanol–water partition coefficient (Wildman–Crippen LogP) is 3.43. The van der Waals surface area contributed by atoms with Crippen molar-refractivity contribution in [3.05, 3.63) is 28.5 Å². The molecule has 0 radical (unpaired) electrons. The molecule has 0 saturated heterocycles. The molecule has 0 fully saturated rings. The van der Waals surface area contributed by atoms with Crippen molar-refractivity contribution in [1.82, 2.24) is 0 Å². The molecule has 1 aromatic carbocycles. The van der Waals surface area contributed by atoms with E-state index in [1.165, 1.54) is 6.07 Å². The molecule has 0 bridgehead atoms. The summed E-state index contributed by atoms with van der Waals surface area (Å²) in [5.74, 6) is -0.226. The van der Waals surface area contributed by atoms with E-state index in [2.05, 4.69) is 21.2 Å². The maximum Gasteiger partial charge on any atom is 0.147 e. The van der Waals surface area contributed by atoms with Gasteiger partial charge in [-0.05, 0) is 40.9 Å². The van der Waals surface area contributed by atoms with Gasteiger partial charge in [-0.1, -0.05) is 6.07 Å². The van der Waals surface area contributed by atoms with Gasteiger partial charge in [-0.25, -0.2) is 4.39 Å². The number of methoxy groups -OCH3 is 1. The molecule has 1 N–H and O–H groups in total. The van der Waals surface area contributed by atoms with Crippen LogP contribution in [-0.4, -0.2) is 20.3 Å². The van der Waals surface area contributed by atoms with Crippen LogP contribution in [0, 0.1) is 5.82 Å². The van der Waals surface area contributed by atoms with E-state index in [1.54, 1.807) is 13.2 Å². The van der Waals surface area contributed by atoms with Gasteiger partial charge in [0.1, 0.15) is 5.82 Å². The van der Waals surface area contributed by atoms with Gasteiger partial charge in [-0.2, -0.15) is 0 Å². The number of halogens is 2. The number of hydrogen-bond donors (Lipinski definition) is 1. The van der Waals surface area contributed by atoms with Gasteiger partial charge in [0, 0.05) is 24.7 Å². The van der Waals surface area contributed by atoms with Gasteiger partial charge in [-0.15, -0.1) is 0 Å². The molecule has 0 unspecified atom stereocenters. The summed E-state index contributed by atoms with van der Waals surface area (Å²) in [6.45, 7) is 1.50. The van der Waals surface area contributed by atoms with Crippen molar-refractivity contribution >= 4 is 21.6 Å². The molecule has 2 nitrogen and oxygen atoms in total. The monoisotopic (exact) mass is 275 g/mol. The standard InChI is InChI=1S/C11H15BrFNO/c1-15-8-3-2-7-14-11-9(12)5-4-6-10(11)13/h4-6,14H,2-3,7-8H2,1H3. The number of para-hydroxylation sites is 1. The molecule has 0 heterocycles. The average Bonchev–Trinajstić information content (AvgIpc) is 2.21. The van der Waals surface area contributed by atoms with Gasteiger partial charge < -0.3 is 10.1 Å². The molecular weight excluding hydrogens is 261 g/mol. The second kappa shape index (κ2) is 6.80. The Kier molecular flexibility index (Phi) is 5.65. The quantitative estimate of drug-likeness (QED) is 0.804. The lowest BCUT2D eigenvalue weighted by Crippen LogP contribution is -2.05. The zero-order valence-corrected chi connectivity index (χ0v) is 10.3. The molecule has 1 rings (SSSR count). The summed E-state index contributed by atoms with van der Waals surface area (Å²) in [5.41, 5.74) is 0.537. The summed E-state index contributed by atoms with van der Waals surface area (Å²) in [6.07, 6.45) is 1.95. The molecule has 15 heavy (non-hydrogen) atoms. The Bertz CT molecular complexity index is 286. The molecule has 0 aliphatic heterocycles. The van der Waals surface area contributed by atoms with Crippen LogP contribution in [0.2, 0.25) is 0 Å². The van der Waals surface area contributed by atoms with Crippen LogP contribution in [0.4, 0.5) is 10.1 Å². The second-order valence-electron chi connectivity index (χ2n) is 3.22. The van der Waals surface area contributed by atoms with Gasteiger partial charge in [0.05, 0.1) is 5.69 Å². The zero-order valence-electron chi connectivity index (χ0n) is 8.72. The number of ether oxygens (including phenoxy) is 1. The minimum atomic E-state index is -0.226. The highest BCUT2D eigenvalue weighted by atomic mass is 79.9. The third kappa shape index (κ3) is 4.18. The van der Waals surface area contributed by atoms with Crippen LogP contribution in [-0.2, 0) is 4.74 Å². The minimum absolute atomic E-state index is 0.226. The fourth-order valence-corrected chi connectivity index (χ4v) is 1.73. The number of hydrogen-bond acceptors (Lipinski definition) is 2. The molecule has 0 aliphatic rings. The largest absolute Gasteiger partial charge is 0.385 e. The average molecular weight is 276 g/mol. The van der Waals surface area contributed by atoms with E-state index in [0.29, 0.717) is 5.69 Å². The molecule has 0 spiro atoms. The number of anilines is 1. The molecule has 84 valence electrons. The molecule has 0 saturated carbocycles. The van der Waals surface area contributed by atoms with Gasteiger partial charge in [-0.3, -0.25) is 0 Å². The highest BCUT2D eigenvalue weighted by Gasteiger charge is 2.04. The lowest BCUT2D eigenvalue weighted by atomic mass is 10.3. The SMILES string of the molecule is COCCCCNc1c(F)cccc1Br. The lowest BCUT2D eigenvalue weighted by Gasteiger charge is -2.09. The summed E-state index contributed by atoms with van der Waals surface area (Å²) in [6, 6.07) is 4.94. The first-order chi connectivity index (χ1) is 7.25. The zero-order chi connectivity index (χ0) is 11.1. The first-order valence-electron chi connectivity index (χ1n) is 4.92. The first-order valence-corrected chi connectivity index (χ1v) is 5.72. The summed E-state index contributed by atoms with van der Waals surface area (Å²) < 4.78 is 19.0. The van der Waals surface area contributed by atoms with E-state index in [-0.39, 0.29) is 5.82 Å². The normalized spacial score (nSPS) is 10.3. The Morgan fingerprint density at radius 2 is 2.20 bits per heavy atom. The summed E-state index contributed by atoms with van der Waals surface area (Å²) >= 11 is 3.30. The van der Waals surface area contributed by atoms with Gasteiger partial charge in [0.2, 0.25) is 0 Å². The summed E-state index contributed by atoms with van der Waals surface area (Å²) in [5, 5.41) is 3.06. The molecular formula is C11H15BrFNO. The predicted molar refractivity (Wildman–Crippen MR) is 63.7 cm³/mol. The van der Waals surface area contributed by atoms with Crippen molar-refractivity contribution in [2.75, 3.05) is 25.6 Å². The van der Waals surface area contributed by atoms with Crippen LogP contribution in [0.1, 0.15) is 12.8 Å². The van der Waals surface area contributed by atoms with E-state index < -0.39 is 0 Å². The van der Waals surface area contributed by atoms with Crippen LogP contribution in [0.3, 0.4) is 0 Å². The Morgan fingerprint density at radius 1 is 1.40 bits per heavy atom. The number of benzene rings is 1. The highest BCUT2D eigenvalue weighted by molar-refractivity contribution is 9.10.